The van der Waals surface area contributed by atoms with Gasteiger partial charge < -0.3 is 10.4 Å². The van der Waals surface area contributed by atoms with E-state index in [2.05, 4.69) is 28.2 Å². The Labute approximate surface area is 132 Å². The molecule has 0 spiro atoms. The molecule has 20 heavy (non-hydrogen) atoms. The molecule has 0 aliphatic carbocycles. The second-order valence-electron chi connectivity index (χ2n) is 4.74. The quantitative estimate of drug-likeness (QED) is 0.807. The van der Waals surface area contributed by atoms with Crippen molar-refractivity contribution in [3.8, 4) is 0 Å². The normalized spacial score (nSPS) is 13.8. The molecule has 0 bridgehead atoms. The lowest BCUT2D eigenvalue weighted by molar-refractivity contribution is 0.207. The monoisotopic (exact) mass is 353 g/mol. The number of anilines is 1. The van der Waals surface area contributed by atoms with Crippen molar-refractivity contribution in [2.24, 2.45) is 0 Å². The summed E-state index contributed by atoms with van der Waals surface area (Å²) in [5, 5.41) is 14.1. The second kappa shape index (κ2) is 6.61. The molecular weight excluding hydrogens is 338 g/mol. The van der Waals surface area contributed by atoms with Gasteiger partial charge in [-0.3, -0.25) is 0 Å². The Hall–Kier alpha value is -1.03. The largest absolute Gasteiger partial charge is 0.394 e. The van der Waals surface area contributed by atoms with Gasteiger partial charge in [0.1, 0.15) is 0 Å². The molecule has 1 unspecified atom stereocenters. The standard InChI is InChI=1S/C16H17BrClNO/c1-2-16(11-20,12-4-3-5-13(17)10-12)19-15-8-6-14(18)7-9-15/h3-10,19-20H,2,11H2,1H3. The summed E-state index contributed by atoms with van der Waals surface area (Å²) in [5.41, 5.74) is 1.48. The Morgan fingerprint density at radius 3 is 2.45 bits per heavy atom. The van der Waals surface area contributed by atoms with Crippen LogP contribution >= 0.6 is 27.5 Å². The lowest BCUT2D eigenvalue weighted by atomic mass is 9.87. The number of nitrogens with one attached hydrogen (secondary N) is 1. The predicted molar refractivity (Wildman–Crippen MR) is 88.3 cm³/mol. The molecule has 2 rings (SSSR count). The molecule has 106 valence electrons. The second-order valence-corrected chi connectivity index (χ2v) is 6.09. The Bertz CT molecular complexity index is 567. The number of aliphatic hydroxyl groups excluding tert-OH is 1. The average Bonchev–Trinajstić information content (AvgIpc) is 2.47. The number of aliphatic hydroxyl groups is 1. The van der Waals surface area contributed by atoms with Crippen LogP contribution < -0.4 is 5.32 Å². The van der Waals surface area contributed by atoms with Gasteiger partial charge in [0.15, 0.2) is 0 Å². The minimum Gasteiger partial charge on any atom is -0.394 e. The molecular formula is C16H17BrClNO. The zero-order valence-corrected chi connectivity index (χ0v) is 13.6. The van der Waals surface area contributed by atoms with Crippen molar-refractivity contribution in [3.63, 3.8) is 0 Å². The number of hydrogen-bond donors (Lipinski definition) is 2. The molecule has 0 fully saturated rings. The molecule has 0 amide bonds. The maximum absolute atomic E-state index is 9.93. The van der Waals surface area contributed by atoms with Gasteiger partial charge in [-0.1, -0.05) is 46.6 Å². The van der Waals surface area contributed by atoms with Gasteiger partial charge in [0.2, 0.25) is 0 Å². The zero-order chi connectivity index (χ0) is 14.6. The molecule has 0 heterocycles. The van der Waals surface area contributed by atoms with Crippen LogP contribution in [0, 0.1) is 0 Å². The van der Waals surface area contributed by atoms with Gasteiger partial charge in [0.25, 0.3) is 0 Å². The van der Waals surface area contributed by atoms with Gasteiger partial charge in [0.05, 0.1) is 12.1 Å². The SMILES string of the molecule is CCC(CO)(Nc1ccc(Cl)cc1)c1cccc(Br)c1. The molecule has 4 heteroatoms. The van der Waals surface area contributed by atoms with E-state index in [1.165, 1.54) is 0 Å². The molecule has 0 aromatic heterocycles. The Morgan fingerprint density at radius 1 is 1.20 bits per heavy atom. The summed E-state index contributed by atoms with van der Waals surface area (Å²) >= 11 is 9.39. The van der Waals surface area contributed by atoms with Gasteiger partial charge in [0, 0.05) is 15.2 Å². The lowest BCUT2D eigenvalue weighted by Gasteiger charge is -2.34. The van der Waals surface area contributed by atoms with Crippen molar-refractivity contribution >= 4 is 33.2 Å². The van der Waals surface area contributed by atoms with Crippen LogP contribution in [0.25, 0.3) is 0 Å². The van der Waals surface area contributed by atoms with E-state index in [-0.39, 0.29) is 6.61 Å². The van der Waals surface area contributed by atoms with Crippen molar-refractivity contribution < 1.29 is 5.11 Å². The minimum atomic E-state index is -0.502. The predicted octanol–water partition coefficient (Wildman–Crippen LogP) is 4.81. The van der Waals surface area contributed by atoms with Crippen LogP contribution in [0.4, 0.5) is 5.69 Å². The number of benzene rings is 2. The molecule has 0 saturated heterocycles. The van der Waals surface area contributed by atoms with Crippen LogP contribution in [0.3, 0.4) is 0 Å². The first-order valence-electron chi connectivity index (χ1n) is 6.50. The maximum Gasteiger partial charge on any atom is 0.0854 e. The summed E-state index contributed by atoms with van der Waals surface area (Å²) in [6.45, 7) is 2.07. The Balaban J connectivity index is 2.36. The highest BCUT2D eigenvalue weighted by molar-refractivity contribution is 9.10. The average molecular weight is 355 g/mol. The third-order valence-electron chi connectivity index (χ3n) is 3.48. The summed E-state index contributed by atoms with van der Waals surface area (Å²) < 4.78 is 0.999. The maximum atomic E-state index is 9.93. The smallest absolute Gasteiger partial charge is 0.0854 e. The Kier molecular flexibility index (Phi) is 5.08. The topological polar surface area (TPSA) is 32.3 Å². The number of rotatable bonds is 5. The molecule has 1 atom stereocenters. The number of halogens is 2. The molecule has 2 N–H and O–H groups in total. The summed E-state index contributed by atoms with van der Waals surface area (Å²) in [6.07, 6.45) is 0.766. The van der Waals surface area contributed by atoms with Gasteiger partial charge >= 0.3 is 0 Å². The molecule has 0 radical (unpaired) electrons. The van der Waals surface area contributed by atoms with E-state index in [9.17, 15) is 5.11 Å². The van der Waals surface area contributed by atoms with Crippen molar-refractivity contribution in [3.05, 3.63) is 63.6 Å². The fraction of sp³-hybridized carbons (Fsp3) is 0.250. The van der Waals surface area contributed by atoms with E-state index < -0.39 is 5.54 Å². The highest BCUT2D eigenvalue weighted by Gasteiger charge is 2.29. The van der Waals surface area contributed by atoms with Crippen LogP contribution in [0.5, 0.6) is 0 Å². The third kappa shape index (κ3) is 3.35. The van der Waals surface area contributed by atoms with Gasteiger partial charge in [-0.15, -0.1) is 0 Å². The lowest BCUT2D eigenvalue weighted by Crippen LogP contribution is -2.38. The highest BCUT2D eigenvalue weighted by atomic mass is 79.9. The van der Waals surface area contributed by atoms with Gasteiger partial charge in [-0.2, -0.15) is 0 Å². The van der Waals surface area contributed by atoms with Crippen molar-refractivity contribution in [1.29, 1.82) is 0 Å². The minimum absolute atomic E-state index is 0.0164. The first kappa shape index (κ1) is 15.4. The summed E-state index contributed by atoms with van der Waals surface area (Å²) in [7, 11) is 0. The first-order valence-corrected chi connectivity index (χ1v) is 7.67. The van der Waals surface area contributed by atoms with Crippen LogP contribution in [0.2, 0.25) is 5.02 Å². The van der Waals surface area contributed by atoms with E-state index in [4.69, 9.17) is 11.6 Å². The first-order chi connectivity index (χ1) is 9.59. The van der Waals surface area contributed by atoms with Gasteiger partial charge in [-0.25, -0.2) is 0 Å². The van der Waals surface area contributed by atoms with Crippen molar-refractivity contribution in [1.82, 2.24) is 0 Å². The van der Waals surface area contributed by atoms with Crippen LogP contribution in [0.1, 0.15) is 18.9 Å². The molecule has 2 nitrogen and oxygen atoms in total. The van der Waals surface area contributed by atoms with Crippen molar-refractivity contribution in [2.75, 3.05) is 11.9 Å². The third-order valence-corrected chi connectivity index (χ3v) is 4.22. The zero-order valence-electron chi connectivity index (χ0n) is 11.2. The van der Waals surface area contributed by atoms with Crippen molar-refractivity contribution in [2.45, 2.75) is 18.9 Å². The van der Waals surface area contributed by atoms with E-state index in [1.54, 1.807) is 0 Å². The van der Waals surface area contributed by atoms with E-state index in [0.29, 0.717) is 5.02 Å². The molecule has 2 aromatic carbocycles. The van der Waals surface area contributed by atoms with Crippen LogP contribution in [-0.2, 0) is 5.54 Å². The molecule has 0 aliphatic rings. The number of hydrogen-bond acceptors (Lipinski definition) is 2. The van der Waals surface area contributed by atoms with Crippen LogP contribution in [0.15, 0.2) is 53.0 Å². The highest BCUT2D eigenvalue weighted by Crippen LogP contribution is 2.31. The van der Waals surface area contributed by atoms with Gasteiger partial charge in [-0.05, 0) is 48.4 Å². The summed E-state index contributed by atoms with van der Waals surface area (Å²) in [5.74, 6) is 0. The fourth-order valence-electron chi connectivity index (χ4n) is 2.20. The molecule has 0 aliphatic heterocycles. The van der Waals surface area contributed by atoms with Crippen LogP contribution in [-0.4, -0.2) is 11.7 Å². The molecule has 2 aromatic rings. The summed E-state index contributed by atoms with van der Waals surface area (Å²) in [4.78, 5) is 0. The fourth-order valence-corrected chi connectivity index (χ4v) is 2.73. The molecule has 0 saturated carbocycles. The van der Waals surface area contributed by atoms with E-state index >= 15 is 0 Å². The van der Waals surface area contributed by atoms with E-state index in [0.717, 1.165) is 22.1 Å². The summed E-state index contributed by atoms with van der Waals surface area (Å²) in [6, 6.07) is 15.5. The Morgan fingerprint density at radius 2 is 1.90 bits per heavy atom. The van der Waals surface area contributed by atoms with E-state index in [1.807, 2.05) is 48.5 Å².